The van der Waals surface area contributed by atoms with Crippen molar-refractivity contribution in [3.63, 3.8) is 0 Å². The number of carbonyl (C=O) groups excluding carboxylic acids is 3. The third-order valence-electron chi connectivity index (χ3n) is 6.81. The summed E-state index contributed by atoms with van der Waals surface area (Å²) in [6.45, 7) is 7.44. The van der Waals surface area contributed by atoms with Crippen molar-refractivity contribution in [1.29, 1.82) is 0 Å². The number of carbonyl (C=O) groups is 3. The van der Waals surface area contributed by atoms with Crippen molar-refractivity contribution < 1.29 is 19.1 Å². The summed E-state index contributed by atoms with van der Waals surface area (Å²) < 4.78 is 5.64. The lowest BCUT2D eigenvalue weighted by Gasteiger charge is -2.38. The Hall–Kier alpha value is -3.35. The van der Waals surface area contributed by atoms with Gasteiger partial charge in [-0.25, -0.2) is 0 Å². The number of hydrogen-bond acceptors (Lipinski definition) is 4. The van der Waals surface area contributed by atoms with Gasteiger partial charge in [-0.15, -0.1) is 0 Å². The molecule has 1 saturated heterocycles. The first-order chi connectivity index (χ1) is 16.7. The van der Waals surface area contributed by atoms with Gasteiger partial charge in [-0.1, -0.05) is 45.0 Å². The van der Waals surface area contributed by atoms with Crippen LogP contribution in [0.4, 0.5) is 5.69 Å². The molecule has 0 unspecified atom stereocenters. The SMILES string of the molecule is CC(C)(C)c1ccc2c(c1)N(CC(=O)N1CCCC[C@@H]1CCNC(=O)c1ccccc1)C(=O)CO2. The van der Waals surface area contributed by atoms with Crippen molar-refractivity contribution >= 4 is 23.4 Å². The van der Waals surface area contributed by atoms with Gasteiger partial charge in [0, 0.05) is 24.7 Å². The average Bonchev–Trinajstić information content (AvgIpc) is 2.85. The smallest absolute Gasteiger partial charge is 0.265 e. The number of likely N-dealkylation sites (tertiary alicyclic amines) is 1. The molecule has 0 aromatic heterocycles. The van der Waals surface area contributed by atoms with Gasteiger partial charge in [0.1, 0.15) is 12.3 Å². The van der Waals surface area contributed by atoms with Crippen LogP contribution in [-0.4, -0.2) is 54.9 Å². The van der Waals surface area contributed by atoms with Crippen LogP contribution in [0.1, 0.15) is 62.4 Å². The number of hydrogen-bond donors (Lipinski definition) is 1. The van der Waals surface area contributed by atoms with Gasteiger partial charge in [-0.3, -0.25) is 19.3 Å². The van der Waals surface area contributed by atoms with Crippen LogP contribution in [0.2, 0.25) is 0 Å². The third kappa shape index (κ3) is 5.84. The molecule has 2 aromatic carbocycles. The van der Waals surface area contributed by atoms with Gasteiger partial charge in [0.2, 0.25) is 5.91 Å². The quantitative estimate of drug-likeness (QED) is 0.684. The lowest BCUT2D eigenvalue weighted by Crippen LogP contribution is -2.51. The Labute approximate surface area is 207 Å². The van der Waals surface area contributed by atoms with E-state index < -0.39 is 0 Å². The predicted molar refractivity (Wildman–Crippen MR) is 136 cm³/mol. The lowest BCUT2D eigenvalue weighted by molar-refractivity contribution is -0.135. The maximum Gasteiger partial charge on any atom is 0.265 e. The number of ether oxygens (including phenoxy) is 1. The first-order valence-electron chi connectivity index (χ1n) is 12.4. The van der Waals surface area contributed by atoms with Crippen molar-refractivity contribution in [3.8, 4) is 5.75 Å². The first-order valence-corrected chi connectivity index (χ1v) is 12.4. The highest BCUT2D eigenvalue weighted by molar-refractivity contribution is 6.02. The van der Waals surface area contributed by atoms with Gasteiger partial charge in [0.05, 0.1) is 5.69 Å². The molecule has 1 N–H and O–H groups in total. The molecule has 0 aliphatic carbocycles. The van der Waals surface area contributed by atoms with E-state index in [1.807, 2.05) is 41.3 Å². The topological polar surface area (TPSA) is 79.0 Å². The van der Waals surface area contributed by atoms with Crippen molar-refractivity contribution in [2.45, 2.75) is 57.9 Å². The van der Waals surface area contributed by atoms with Crippen molar-refractivity contribution in [2.75, 3.05) is 31.1 Å². The second-order valence-electron chi connectivity index (χ2n) is 10.3. The standard InChI is InChI=1S/C28H35N3O4/c1-28(2,3)21-12-13-24-23(17-21)31(26(33)19-35-24)18-25(32)30-16-8-7-11-22(30)14-15-29-27(34)20-9-5-4-6-10-20/h4-6,9-10,12-13,17,22H,7-8,11,14-16,18-19H2,1-3H3,(H,29,34)/t22-/m1/s1. The second-order valence-corrected chi connectivity index (χ2v) is 10.3. The number of piperidine rings is 1. The summed E-state index contributed by atoms with van der Waals surface area (Å²) in [6.07, 6.45) is 3.58. The molecule has 0 bridgehead atoms. The van der Waals surface area contributed by atoms with Crippen LogP contribution in [0.25, 0.3) is 0 Å². The number of nitrogens with zero attached hydrogens (tertiary/aromatic N) is 2. The maximum absolute atomic E-state index is 13.4. The van der Waals surface area contributed by atoms with Gasteiger partial charge in [-0.05, 0) is 60.9 Å². The Kier molecular flexibility index (Phi) is 7.43. The second kappa shape index (κ2) is 10.5. The molecule has 186 valence electrons. The van der Waals surface area contributed by atoms with E-state index in [1.165, 1.54) is 0 Å². The molecule has 2 aliphatic heterocycles. The molecule has 1 fully saturated rings. The largest absolute Gasteiger partial charge is 0.482 e. The van der Waals surface area contributed by atoms with Crippen molar-refractivity contribution in [1.82, 2.24) is 10.2 Å². The normalized spacial score (nSPS) is 18.0. The number of anilines is 1. The minimum atomic E-state index is -0.208. The molecule has 3 amide bonds. The van der Waals surface area contributed by atoms with E-state index >= 15 is 0 Å². The molecule has 1 atom stereocenters. The molecule has 7 heteroatoms. The Bertz CT molecular complexity index is 1080. The number of rotatable bonds is 6. The molecule has 0 radical (unpaired) electrons. The van der Waals surface area contributed by atoms with E-state index in [1.54, 1.807) is 17.0 Å². The molecule has 2 aliphatic rings. The lowest BCUT2D eigenvalue weighted by atomic mass is 9.86. The van der Waals surface area contributed by atoms with E-state index in [2.05, 4.69) is 26.1 Å². The van der Waals surface area contributed by atoms with E-state index in [-0.39, 0.29) is 42.3 Å². The summed E-state index contributed by atoms with van der Waals surface area (Å²) in [6, 6.07) is 15.0. The van der Waals surface area contributed by atoms with E-state index in [0.29, 0.717) is 36.5 Å². The fourth-order valence-electron chi connectivity index (χ4n) is 4.74. The number of benzene rings is 2. The van der Waals surface area contributed by atoms with Gasteiger partial charge in [-0.2, -0.15) is 0 Å². The minimum absolute atomic E-state index is 0.00430. The monoisotopic (exact) mass is 477 g/mol. The molecule has 7 nitrogen and oxygen atoms in total. The molecular weight excluding hydrogens is 442 g/mol. The zero-order valence-corrected chi connectivity index (χ0v) is 20.9. The molecule has 2 heterocycles. The first kappa shape index (κ1) is 24.8. The number of amides is 3. The summed E-state index contributed by atoms with van der Waals surface area (Å²) >= 11 is 0. The Morgan fingerprint density at radius 2 is 1.86 bits per heavy atom. The van der Waals surface area contributed by atoms with E-state index in [9.17, 15) is 14.4 Å². The summed E-state index contributed by atoms with van der Waals surface area (Å²) in [7, 11) is 0. The number of nitrogens with one attached hydrogen (secondary N) is 1. The Morgan fingerprint density at radius 1 is 1.09 bits per heavy atom. The van der Waals surface area contributed by atoms with Crippen LogP contribution in [-0.2, 0) is 15.0 Å². The van der Waals surface area contributed by atoms with Gasteiger partial charge in [0.15, 0.2) is 6.61 Å². The van der Waals surface area contributed by atoms with Crippen LogP contribution in [0.5, 0.6) is 5.75 Å². The molecule has 0 spiro atoms. The Balaban J connectivity index is 1.42. The highest BCUT2D eigenvalue weighted by Gasteiger charge is 2.33. The predicted octanol–water partition coefficient (Wildman–Crippen LogP) is 3.91. The minimum Gasteiger partial charge on any atom is -0.482 e. The van der Waals surface area contributed by atoms with Crippen LogP contribution in [0, 0.1) is 0 Å². The fourth-order valence-corrected chi connectivity index (χ4v) is 4.74. The van der Waals surface area contributed by atoms with Crippen LogP contribution in [0.3, 0.4) is 0 Å². The summed E-state index contributed by atoms with van der Waals surface area (Å²) in [5.41, 5.74) is 2.28. The average molecular weight is 478 g/mol. The fraction of sp³-hybridized carbons (Fsp3) is 0.464. The molecular formula is C28H35N3O4. The van der Waals surface area contributed by atoms with Crippen LogP contribution in [0.15, 0.2) is 48.5 Å². The molecule has 0 saturated carbocycles. The highest BCUT2D eigenvalue weighted by atomic mass is 16.5. The van der Waals surface area contributed by atoms with E-state index in [4.69, 9.17) is 4.74 Å². The van der Waals surface area contributed by atoms with Gasteiger partial charge in [0.25, 0.3) is 11.8 Å². The number of fused-ring (bicyclic) bond motifs is 1. The summed E-state index contributed by atoms with van der Waals surface area (Å²) in [4.78, 5) is 42.1. The van der Waals surface area contributed by atoms with Crippen molar-refractivity contribution in [3.05, 3.63) is 59.7 Å². The maximum atomic E-state index is 13.4. The van der Waals surface area contributed by atoms with Crippen molar-refractivity contribution in [2.24, 2.45) is 0 Å². The third-order valence-corrected chi connectivity index (χ3v) is 6.81. The van der Waals surface area contributed by atoms with E-state index in [0.717, 1.165) is 24.8 Å². The zero-order chi connectivity index (χ0) is 25.0. The van der Waals surface area contributed by atoms with Gasteiger partial charge < -0.3 is 15.0 Å². The Morgan fingerprint density at radius 3 is 2.60 bits per heavy atom. The molecule has 4 rings (SSSR count). The van der Waals surface area contributed by atoms with Crippen LogP contribution < -0.4 is 15.0 Å². The molecule has 35 heavy (non-hydrogen) atoms. The zero-order valence-electron chi connectivity index (χ0n) is 20.9. The van der Waals surface area contributed by atoms with Crippen LogP contribution >= 0.6 is 0 Å². The molecule has 2 aromatic rings. The highest BCUT2D eigenvalue weighted by Crippen LogP contribution is 2.36. The summed E-state index contributed by atoms with van der Waals surface area (Å²) in [5.74, 6) is 0.251. The summed E-state index contributed by atoms with van der Waals surface area (Å²) in [5, 5.41) is 2.97. The van der Waals surface area contributed by atoms with Gasteiger partial charge >= 0.3 is 0 Å².